The van der Waals surface area contributed by atoms with Gasteiger partial charge in [0.05, 0.1) is 16.8 Å². The summed E-state index contributed by atoms with van der Waals surface area (Å²) in [6.07, 6.45) is 3.31. The zero-order valence-electron chi connectivity index (χ0n) is 14.0. The monoisotopic (exact) mass is 361 g/mol. The fraction of sp³-hybridized carbons (Fsp3) is 0. The van der Waals surface area contributed by atoms with Gasteiger partial charge in [-0.25, -0.2) is 13.8 Å². The Morgan fingerprint density at radius 1 is 0.926 bits per heavy atom. The molecule has 0 radical (unpaired) electrons. The molecule has 0 spiro atoms. The van der Waals surface area contributed by atoms with E-state index in [-0.39, 0.29) is 5.69 Å². The minimum Gasteiger partial charge on any atom is -0.322 e. The summed E-state index contributed by atoms with van der Waals surface area (Å²) in [6, 6.07) is 15.8. The SMILES string of the molecule is O=C(Nc1ccc(F)c(F)c1)c1cc(-c2cccnc2)nc2ccccc12. The summed E-state index contributed by atoms with van der Waals surface area (Å²) >= 11 is 0. The molecule has 4 nitrogen and oxygen atoms in total. The van der Waals surface area contributed by atoms with Gasteiger partial charge in [0.2, 0.25) is 0 Å². The van der Waals surface area contributed by atoms with Gasteiger partial charge < -0.3 is 5.32 Å². The van der Waals surface area contributed by atoms with Crippen molar-refractivity contribution in [3.05, 3.63) is 90.3 Å². The molecule has 2 aromatic carbocycles. The van der Waals surface area contributed by atoms with Crippen LogP contribution < -0.4 is 5.32 Å². The van der Waals surface area contributed by atoms with Crippen LogP contribution in [-0.2, 0) is 0 Å². The van der Waals surface area contributed by atoms with Gasteiger partial charge in [-0.3, -0.25) is 9.78 Å². The molecular formula is C21H13F2N3O. The summed E-state index contributed by atoms with van der Waals surface area (Å²) in [6.45, 7) is 0. The van der Waals surface area contributed by atoms with E-state index in [4.69, 9.17) is 0 Å². The minimum absolute atomic E-state index is 0.169. The van der Waals surface area contributed by atoms with E-state index < -0.39 is 17.5 Å². The number of hydrogen-bond donors (Lipinski definition) is 1. The number of para-hydroxylation sites is 1. The van der Waals surface area contributed by atoms with Crippen molar-refractivity contribution < 1.29 is 13.6 Å². The molecule has 0 aliphatic carbocycles. The van der Waals surface area contributed by atoms with E-state index in [1.54, 1.807) is 30.6 Å². The molecule has 0 bridgehead atoms. The summed E-state index contributed by atoms with van der Waals surface area (Å²) in [4.78, 5) is 21.5. The normalized spacial score (nSPS) is 10.7. The number of benzene rings is 2. The van der Waals surface area contributed by atoms with Crippen LogP contribution in [0.4, 0.5) is 14.5 Å². The van der Waals surface area contributed by atoms with Gasteiger partial charge >= 0.3 is 0 Å². The largest absolute Gasteiger partial charge is 0.322 e. The molecule has 4 rings (SSSR count). The van der Waals surface area contributed by atoms with Crippen molar-refractivity contribution >= 4 is 22.5 Å². The fourth-order valence-corrected chi connectivity index (χ4v) is 2.80. The van der Waals surface area contributed by atoms with Crippen LogP contribution in [0.5, 0.6) is 0 Å². The van der Waals surface area contributed by atoms with E-state index in [9.17, 15) is 13.6 Å². The number of carbonyl (C=O) groups is 1. The Hall–Kier alpha value is -3.67. The number of halogens is 2. The maximum Gasteiger partial charge on any atom is 0.256 e. The van der Waals surface area contributed by atoms with E-state index in [1.807, 2.05) is 24.3 Å². The zero-order chi connectivity index (χ0) is 18.8. The molecule has 0 aliphatic rings. The maximum absolute atomic E-state index is 13.4. The van der Waals surface area contributed by atoms with Crippen LogP contribution in [0.3, 0.4) is 0 Å². The van der Waals surface area contributed by atoms with E-state index in [0.717, 1.165) is 17.7 Å². The smallest absolute Gasteiger partial charge is 0.256 e. The molecular weight excluding hydrogens is 348 g/mol. The number of fused-ring (bicyclic) bond motifs is 1. The average molecular weight is 361 g/mol. The summed E-state index contributed by atoms with van der Waals surface area (Å²) < 4.78 is 26.5. The second-order valence-electron chi connectivity index (χ2n) is 5.90. The number of carbonyl (C=O) groups excluding carboxylic acids is 1. The van der Waals surface area contributed by atoms with Crippen LogP contribution in [0.1, 0.15) is 10.4 Å². The molecule has 2 heterocycles. The summed E-state index contributed by atoms with van der Waals surface area (Å²) in [5, 5.41) is 3.27. The lowest BCUT2D eigenvalue weighted by atomic mass is 10.0. The number of anilines is 1. The molecule has 2 aromatic heterocycles. The number of aromatic nitrogens is 2. The topological polar surface area (TPSA) is 54.9 Å². The summed E-state index contributed by atoms with van der Waals surface area (Å²) in [7, 11) is 0. The number of pyridine rings is 2. The highest BCUT2D eigenvalue weighted by Gasteiger charge is 2.15. The Balaban J connectivity index is 1.79. The second kappa shape index (κ2) is 6.92. The zero-order valence-corrected chi connectivity index (χ0v) is 14.0. The van der Waals surface area contributed by atoms with Crippen LogP contribution in [0.2, 0.25) is 0 Å². The van der Waals surface area contributed by atoms with Crippen LogP contribution in [0.25, 0.3) is 22.2 Å². The molecule has 1 amide bonds. The quantitative estimate of drug-likeness (QED) is 0.569. The molecule has 0 saturated carbocycles. The molecule has 132 valence electrons. The van der Waals surface area contributed by atoms with Gasteiger partial charge in [-0.15, -0.1) is 0 Å². The van der Waals surface area contributed by atoms with Crippen molar-refractivity contribution in [1.82, 2.24) is 9.97 Å². The van der Waals surface area contributed by atoms with Gasteiger partial charge in [0.1, 0.15) is 0 Å². The molecule has 6 heteroatoms. The number of nitrogens with one attached hydrogen (secondary N) is 1. The van der Waals surface area contributed by atoms with Crippen molar-refractivity contribution in [3.63, 3.8) is 0 Å². The third kappa shape index (κ3) is 3.37. The number of nitrogens with zero attached hydrogens (tertiary/aromatic N) is 2. The van der Waals surface area contributed by atoms with Gasteiger partial charge in [0.15, 0.2) is 11.6 Å². The van der Waals surface area contributed by atoms with Crippen LogP contribution in [0.15, 0.2) is 73.1 Å². The first-order chi connectivity index (χ1) is 13.1. The van der Waals surface area contributed by atoms with Gasteiger partial charge in [0, 0.05) is 35.1 Å². The van der Waals surface area contributed by atoms with Crippen LogP contribution >= 0.6 is 0 Å². The number of amides is 1. The van der Waals surface area contributed by atoms with Crippen molar-refractivity contribution in [2.24, 2.45) is 0 Å². The highest BCUT2D eigenvalue weighted by atomic mass is 19.2. The lowest BCUT2D eigenvalue weighted by Crippen LogP contribution is -2.13. The summed E-state index contributed by atoms with van der Waals surface area (Å²) in [5.74, 6) is -2.44. The van der Waals surface area contributed by atoms with E-state index in [2.05, 4.69) is 15.3 Å². The van der Waals surface area contributed by atoms with Gasteiger partial charge in [-0.05, 0) is 36.4 Å². The van der Waals surface area contributed by atoms with Crippen molar-refractivity contribution in [3.8, 4) is 11.3 Å². The first kappa shape index (κ1) is 16.8. The first-order valence-corrected chi connectivity index (χ1v) is 8.18. The van der Waals surface area contributed by atoms with Crippen molar-refractivity contribution in [2.45, 2.75) is 0 Å². The van der Waals surface area contributed by atoms with Crippen LogP contribution in [0, 0.1) is 11.6 Å². The Labute approximate surface area is 153 Å². The standard InChI is InChI=1S/C21H13F2N3O/c22-17-8-7-14(10-18(17)23)25-21(27)16-11-20(13-4-3-9-24-12-13)26-19-6-2-1-5-15(16)19/h1-12H,(H,25,27). The number of hydrogen-bond acceptors (Lipinski definition) is 3. The molecule has 1 N–H and O–H groups in total. The molecule has 0 fully saturated rings. The fourth-order valence-electron chi connectivity index (χ4n) is 2.80. The van der Waals surface area contributed by atoms with Gasteiger partial charge in [-0.2, -0.15) is 0 Å². The first-order valence-electron chi connectivity index (χ1n) is 8.18. The molecule has 4 aromatic rings. The van der Waals surface area contributed by atoms with Crippen molar-refractivity contribution in [1.29, 1.82) is 0 Å². The predicted octanol–water partition coefficient (Wildman–Crippen LogP) is 4.83. The van der Waals surface area contributed by atoms with E-state index >= 15 is 0 Å². The van der Waals surface area contributed by atoms with Gasteiger partial charge in [0.25, 0.3) is 5.91 Å². The molecule has 27 heavy (non-hydrogen) atoms. The highest BCUT2D eigenvalue weighted by molar-refractivity contribution is 6.13. The Morgan fingerprint density at radius 2 is 1.78 bits per heavy atom. The third-order valence-electron chi connectivity index (χ3n) is 4.10. The predicted molar refractivity (Wildman–Crippen MR) is 99.3 cm³/mol. The van der Waals surface area contributed by atoms with Gasteiger partial charge in [-0.1, -0.05) is 18.2 Å². The number of rotatable bonds is 3. The second-order valence-corrected chi connectivity index (χ2v) is 5.90. The van der Waals surface area contributed by atoms with Crippen LogP contribution in [-0.4, -0.2) is 15.9 Å². The molecule has 0 saturated heterocycles. The average Bonchev–Trinajstić information content (AvgIpc) is 2.70. The minimum atomic E-state index is -1.02. The molecule has 0 unspecified atom stereocenters. The molecule has 0 aliphatic heterocycles. The Kier molecular flexibility index (Phi) is 4.30. The highest BCUT2D eigenvalue weighted by Crippen LogP contribution is 2.25. The lowest BCUT2D eigenvalue weighted by molar-refractivity contribution is 0.102. The Bertz CT molecular complexity index is 1150. The van der Waals surface area contributed by atoms with Crippen molar-refractivity contribution in [2.75, 3.05) is 5.32 Å². The maximum atomic E-state index is 13.4. The van der Waals surface area contributed by atoms with E-state index in [1.165, 1.54) is 6.07 Å². The molecule has 0 atom stereocenters. The lowest BCUT2D eigenvalue weighted by Gasteiger charge is -2.11. The third-order valence-corrected chi connectivity index (χ3v) is 4.10. The van der Waals surface area contributed by atoms with E-state index in [0.29, 0.717) is 22.2 Å². The summed E-state index contributed by atoms with van der Waals surface area (Å²) in [5.41, 5.74) is 2.56. The Morgan fingerprint density at radius 3 is 2.56 bits per heavy atom.